The number of piperazine rings is 1. The third kappa shape index (κ3) is 2.52. The molecule has 3 aliphatic rings. The molecular weight excluding hydrogens is 248 g/mol. The second-order valence-corrected chi connectivity index (χ2v) is 7.31. The van der Waals surface area contributed by atoms with Crippen molar-refractivity contribution in [1.82, 2.24) is 14.7 Å². The smallest absolute Gasteiger partial charge is 0.0474 e. The minimum absolute atomic E-state index is 0.246. The summed E-state index contributed by atoms with van der Waals surface area (Å²) in [6, 6.07) is 2.25. The zero-order valence-corrected chi connectivity index (χ0v) is 13.5. The maximum absolute atomic E-state index is 6.28. The summed E-state index contributed by atoms with van der Waals surface area (Å²) in [6.45, 7) is 13.8. The molecule has 0 amide bonds. The molecule has 2 N–H and O–H groups in total. The van der Waals surface area contributed by atoms with Crippen LogP contribution in [-0.2, 0) is 0 Å². The first-order chi connectivity index (χ1) is 9.59. The Morgan fingerprint density at radius 1 is 1.15 bits per heavy atom. The highest BCUT2D eigenvalue weighted by Crippen LogP contribution is 2.40. The summed E-state index contributed by atoms with van der Waals surface area (Å²) in [7, 11) is 0. The van der Waals surface area contributed by atoms with Crippen LogP contribution in [0.25, 0.3) is 0 Å². The first-order valence-corrected chi connectivity index (χ1v) is 8.54. The summed E-state index contributed by atoms with van der Waals surface area (Å²) in [6.07, 6.45) is 4.08. The van der Waals surface area contributed by atoms with E-state index in [1.54, 1.807) is 0 Å². The van der Waals surface area contributed by atoms with E-state index in [-0.39, 0.29) is 5.54 Å². The third-order valence-electron chi connectivity index (χ3n) is 5.96. The number of nitrogens with zero attached hydrogens (tertiary/aromatic N) is 3. The number of nitrogens with two attached hydrogens (primary N) is 1. The molecule has 2 heterocycles. The molecule has 0 aromatic rings. The van der Waals surface area contributed by atoms with Crippen LogP contribution in [0.1, 0.15) is 40.0 Å². The lowest BCUT2D eigenvalue weighted by Crippen LogP contribution is -2.63. The van der Waals surface area contributed by atoms with Crippen molar-refractivity contribution in [3.05, 3.63) is 0 Å². The molecule has 2 aliphatic heterocycles. The number of hydrogen-bond acceptors (Lipinski definition) is 4. The second kappa shape index (κ2) is 5.56. The van der Waals surface area contributed by atoms with Crippen molar-refractivity contribution in [3.8, 4) is 0 Å². The predicted molar refractivity (Wildman–Crippen MR) is 83.9 cm³/mol. The highest BCUT2D eigenvalue weighted by atomic mass is 15.4. The molecule has 1 aliphatic carbocycles. The first-order valence-electron chi connectivity index (χ1n) is 8.54. The van der Waals surface area contributed by atoms with Gasteiger partial charge >= 0.3 is 0 Å². The van der Waals surface area contributed by atoms with E-state index in [9.17, 15) is 0 Å². The van der Waals surface area contributed by atoms with Crippen LogP contribution in [0.4, 0.5) is 0 Å². The zero-order valence-electron chi connectivity index (χ0n) is 13.5. The average Bonchev–Trinajstić information content (AvgIpc) is 3.23. The highest BCUT2D eigenvalue weighted by Gasteiger charge is 2.50. The maximum atomic E-state index is 6.28. The van der Waals surface area contributed by atoms with Crippen molar-refractivity contribution >= 4 is 0 Å². The molecule has 2 saturated heterocycles. The lowest BCUT2D eigenvalue weighted by Gasteiger charge is -2.48. The van der Waals surface area contributed by atoms with Crippen molar-refractivity contribution in [2.45, 2.75) is 63.7 Å². The Balaban J connectivity index is 1.70. The fraction of sp³-hybridized carbons (Fsp3) is 1.00. The quantitative estimate of drug-likeness (QED) is 0.832. The lowest BCUT2D eigenvalue weighted by molar-refractivity contribution is 0.0137. The van der Waals surface area contributed by atoms with E-state index in [0.717, 1.165) is 12.6 Å². The van der Waals surface area contributed by atoms with Gasteiger partial charge in [-0.3, -0.25) is 14.7 Å². The summed E-state index contributed by atoms with van der Waals surface area (Å²) in [5, 5.41) is 0. The Bertz CT molecular complexity index is 343. The van der Waals surface area contributed by atoms with Crippen LogP contribution < -0.4 is 5.73 Å². The molecule has 0 bridgehead atoms. The molecule has 4 heteroatoms. The van der Waals surface area contributed by atoms with Crippen LogP contribution in [0.15, 0.2) is 0 Å². The molecule has 1 saturated carbocycles. The molecule has 0 aromatic carbocycles. The monoisotopic (exact) mass is 280 g/mol. The Kier molecular flexibility index (Phi) is 4.10. The topological polar surface area (TPSA) is 35.7 Å². The maximum Gasteiger partial charge on any atom is 0.0474 e. The van der Waals surface area contributed by atoms with Gasteiger partial charge in [-0.2, -0.15) is 0 Å². The molecule has 4 nitrogen and oxygen atoms in total. The van der Waals surface area contributed by atoms with Crippen LogP contribution >= 0.6 is 0 Å². The second-order valence-electron chi connectivity index (χ2n) is 7.31. The van der Waals surface area contributed by atoms with Gasteiger partial charge in [-0.05, 0) is 39.7 Å². The summed E-state index contributed by atoms with van der Waals surface area (Å²) < 4.78 is 0. The van der Waals surface area contributed by atoms with Gasteiger partial charge in [0.15, 0.2) is 0 Å². The SMILES string of the molecule is CCN1CCN(C2(CN)CC(C)N(C3CC3)C2)CC1C. The van der Waals surface area contributed by atoms with Gasteiger partial charge in [0.2, 0.25) is 0 Å². The lowest BCUT2D eigenvalue weighted by atomic mass is 9.92. The largest absolute Gasteiger partial charge is 0.329 e. The van der Waals surface area contributed by atoms with Gasteiger partial charge < -0.3 is 5.73 Å². The molecule has 116 valence electrons. The fourth-order valence-corrected chi connectivity index (χ4v) is 4.52. The first kappa shape index (κ1) is 14.8. The number of likely N-dealkylation sites (tertiary alicyclic amines) is 1. The summed E-state index contributed by atoms with van der Waals surface area (Å²) >= 11 is 0. The number of rotatable bonds is 4. The van der Waals surface area contributed by atoms with Gasteiger partial charge in [0.25, 0.3) is 0 Å². The molecule has 3 atom stereocenters. The van der Waals surface area contributed by atoms with Crippen LogP contribution in [0.2, 0.25) is 0 Å². The molecule has 0 aromatic heterocycles. The minimum Gasteiger partial charge on any atom is -0.329 e. The zero-order chi connectivity index (χ0) is 14.3. The normalized spacial score (nSPS) is 41.4. The summed E-state index contributed by atoms with van der Waals surface area (Å²) in [5.74, 6) is 0. The Morgan fingerprint density at radius 3 is 2.45 bits per heavy atom. The van der Waals surface area contributed by atoms with Crippen LogP contribution in [0.3, 0.4) is 0 Å². The van der Waals surface area contributed by atoms with Gasteiger partial charge in [-0.15, -0.1) is 0 Å². The molecule has 3 rings (SSSR count). The van der Waals surface area contributed by atoms with Crippen molar-refractivity contribution in [2.75, 3.05) is 39.3 Å². The van der Waals surface area contributed by atoms with Gasteiger partial charge in [0.1, 0.15) is 0 Å². The number of likely N-dealkylation sites (N-methyl/N-ethyl adjacent to an activating group) is 1. The molecule has 3 unspecified atom stereocenters. The van der Waals surface area contributed by atoms with Gasteiger partial charge in [0, 0.05) is 56.4 Å². The Labute approximate surface area is 124 Å². The standard InChI is InChI=1S/C16H32N4/c1-4-18-7-8-19(10-14(18)3)16(11-17)9-13(2)20(12-16)15-5-6-15/h13-15H,4-12,17H2,1-3H3. The number of hydrogen-bond donors (Lipinski definition) is 1. The van der Waals surface area contributed by atoms with Gasteiger partial charge in [0.05, 0.1) is 0 Å². The predicted octanol–water partition coefficient (Wildman–Crippen LogP) is 0.967. The average molecular weight is 280 g/mol. The molecular formula is C16H32N4. The minimum atomic E-state index is 0.246. The van der Waals surface area contributed by atoms with E-state index < -0.39 is 0 Å². The fourth-order valence-electron chi connectivity index (χ4n) is 4.52. The van der Waals surface area contributed by atoms with Gasteiger partial charge in [-0.1, -0.05) is 6.92 Å². The highest BCUT2D eigenvalue weighted by molar-refractivity contribution is 5.08. The summed E-state index contributed by atoms with van der Waals surface area (Å²) in [5.41, 5.74) is 6.52. The van der Waals surface area contributed by atoms with E-state index in [2.05, 4.69) is 35.5 Å². The van der Waals surface area contributed by atoms with E-state index in [4.69, 9.17) is 5.73 Å². The van der Waals surface area contributed by atoms with Gasteiger partial charge in [-0.25, -0.2) is 0 Å². The van der Waals surface area contributed by atoms with E-state index >= 15 is 0 Å². The van der Waals surface area contributed by atoms with E-state index in [1.165, 1.54) is 52.0 Å². The molecule has 3 fully saturated rings. The summed E-state index contributed by atoms with van der Waals surface area (Å²) in [4.78, 5) is 8.06. The van der Waals surface area contributed by atoms with Crippen LogP contribution in [-0.4, -0.2) is 77.6 Å². The van der Waals surface area contributed by atoms with Crippen LogP contribution in [0, 0.1) is 0 Å². The Morgan fingerprint density at radius 2 is 1.90 bits per heavy atom. The van der Waals surface area contributed by atoms with E-state index in [1.807, 2.05) is 0 Å². The Hall–Kier alpha value is -0.160. The molecule has 0 spiro atoms. The third-order valence-corrected chi connectivity index (χ3v) is 5.96. The van der Waals surface area contributed by atoms with Crippen molar-refractivity contribution in [2.24, 2.45) is 5.73 Å². The molecule has 0 radical (unpaired) electrons. The van der Waals surface area contributed by atoms with Crippen LogP contribution in [0.5, 0.6) is 0 Å². The van der Waals surface area contributed by atoms with E-state index in [0.29, 0.717) is 12.1 Å². The van der Waals surface area contributed by atoms with Crippen molar-refractivity contribution in [1.29, 1.82) is 0 Å². The molecule has 20 heavy (non-hydrogen) atoms. The van der Waals surface area contributed by atoms with Crippen molar-refractivity contribution < 1.29 is 0 Å². The van der Waals surface area contributed by atoms with Crippen molar-refractivity contribution in [3.63, 3.8) is 0 Å².